The van der Waals surface area contributed by atoms with Crippen LogP contribution in [0.1, 0.15) is 34.2 Å². The van der Waals surface area contributed by atoms with Crippen LogP contribution in [-0.4, -0.2) is 22.2 Å². The Kier molecular flexibility index (Phi) is 2.92. The maximum Gasteiger partial charge on any atom is 0.315 e. The SMILES string of the molecule is Cc1cc(C)c(C)c(C2(C(=O)O)CC2C(=O)O)c1C. The lowest BCUT2D eigenvalue weighted by atomic mass is 9.82. The van der Waals surface area contributed by atoms with E-state index in [2.05, 4.69) is 0 Å². The molecule has 0 amide bonds. The molecule has 1 saturated carbocycles. The van der Waals surface area contributed by atoms with Crippen LogP contribution in [0.25, 0.3) is 0 Å². The van der Waals surface area contributed by atoms with Crippen molar-refractivity contribution in [1.82, 2.24) is 0 Å². The van der Waals surface area contributed by atoms with Crippen molar-refractivity contribution < 1.29 is 19.8 Å². The lowest BCUT2D eigenvalue weighted by Gasteiger charge is -2.21. The van der Waals surface area contributed by atoms with Crippen molar-refractivity contribution in [2.45, 2.75) is 39.5 Å². The summed E-state index contributed by atoms with van der Waals surface area (Å²) in [5.41, 5.74) is 3.27. The maximum atomic E-state index is 11.7. The summed E-state index contributed by atoms with van der Waals surface area (Å²) < 4.78 is 0. The molecule has 0 aromatic heterocycles. The zero-order valence-corrected chi connectivity index (χ0v) is 11.6. The number of hydrogen-bond donors (Lipinski definition) is 2. The zero-order valence-electron chi connectivity index (χ0n) is 11.6. The molecule has 4 heteroatoms. The first-order chi connectivity index (χ1) is 8.73. The summed E-state index contributed by atoms with van der Waals surface area (Å²) in [4.78, 5) is 22.8. The van der Waals surface area contributed by atoms with E-state index in [-0.39, 0.29) is 6.42 Å². The molecule has 1 aromatic carbocycles. The molecule has 1 aromatic rings. The van der Waals surface area contributed by atoms with Gasteiger partial charge in [-0.1, -0.05) is 6.07 Å². The van der Waals surface area contributed by atoms with Crippen molar-refractivity contribution in [2.24, 2.45) is 5.92 Å². The predicted molar refractivity (Wildman–Crippen MR) is 70.4 cm³/mol. The van der Waals surface area contributed by atoms with Gasteiger partial charge in [0.15, 0.2) is 0 Å². The van der Waals surface area contributed by atoms with Gasteiger partial charge in [0.2, 0.25) is 0 Å². The topological polar surface area (TPSA) is 74.6 Å². The number of carbonyl (C=O) groups is 2. The number of aliphatic carboxylic acids is 2. The number of carboxylic acid groups (broad SMARTS) is 2. The van der Waals surface area contributed by atoms with Crippen molar-refractivity contribution in [3.63, 3.8) is 0 Å². The van der Waals surface area contributed by atoms with Gasteiger partial charge in [-0.2, -0.15) is 0 Å². The van der Waals surface area contributed by atoms with Gasteiger partial charge in [0.05, 0.1) is 5.92 Å². The smallest absolute Gasteiger partial charge is 0.315 e. The highest BCUT2D eigenvalue weighted by Crippen LogP contribution is 2.57. The van der Waals surface area contributed by atoms with Gasteiger partial charge >= 0.3 is 11.9 Å². The quantitative estimate of drug-likeness (QED) is 0.876. The van der Waals surface area contributed by atoms with Crippen LogP contribution in [0.5, 0.6) is 0 Å². The van der Waals surface area contributed by atoms with Gasteiger partial charge in [-0.3, -0.25) is 9.59 Å². The molecule has 0 radical (unpaired) electrons. The molecule has 0 spiro atoms. The van der Waals surface area contributed by atoms with E-state index in [1.807, 2.05) is 33.8 Å². The van der Waals surface area contributed by atoms with E-state index in [9.17, 15) is 14.7 Å². The third-order valence-electron chi connectivity index (χ3n) is 4.45. The molecule has 2 N–H and O–H groups in total. The standard InChI is InChI=1S/C15H18O4/c1-7-5-8(2)10(4)12(9(7)3)15(14(18)19)6-11(15)13(16)17/h5,11H,6H2,1-4H3,(H,16,17)(H,18,19). The number of aryl methyl sites for hydroxylation is 2. The second kappa shape index (κ2) is 4.08. The highest BCUT2D eigenvalue weighted by molar-refractivity contribution is 5.95. The molecular weight excluding hydrogens is 244 g/mol. The fraction of sp³-hybridized carbons (Fsp3) is 0.467. The molecule has 0 saturated heterocycles. The van der Waals surface area contributed by atoms with Gasteiger partial charge in [-0.15, -0.1) is 0 Å². The lowest BCUT2D eigenvalue weighted by Crippen LogP contribution is -2.27. The highest BCUT2D eigenvalue weighted by Gasteiger charge is 2.66. The minimum absolute atomic E-state index is 0.183. The van der Waals surface area contributed by atoms with Crippen LogP contribution >= 0.6 is 0 Å². The molecule has 4 nitrogen and oxygen atoms in total. The van der Waals surface area contributed by atoms with Crippen LogP contribution in [0.2, 0.25) is 0 Å². The molecule has 0 aliphatic heterocycles. The van der Waals surface area contributed by atoms with Crippen molar-refractivity contribution >= 4 is 11.9 Å². The molecule has 2 rings (SSSR count). The zero-order chi connectivity index (χ0) is 14.5. The second-order valence-corrected chi connectivity index (χ2v) is 5.51. The Morgan fingerprint density at radius 1 is 1.11 bits per heavy atom. The first-order valence-corrected chi connectivity index (χ1v) is 6.27. The van der Waals surface area contributed by atoms with Crippen LogP contribution < -0.4 is 0 Å². The summed E-state index contributed by atoms with van der Waals surface area (Å²) in [7, 11) is 0. The van der Waals surface area contributed by atoms with E-state index in [0.29, 0.717) is 5.56 Å². The Morgan fingerprint density at radius 2 is 1.58 bits per heavy atom. The molecule has 2 unspecified atom stereocenters. The summed E-state index contributed by atoms with van der Waals surface area (Å²) in [6.07, 6.45) is 0.183. The average molecular weight is 262 g/mol. The molecule has 19 heavy (non-hydrogen) atoms. The molecular formula is C15H18O4. The van der Waals surface area contributed by atoms with Crippen molar-refractivity contribution in [2.75, 3.05) is 0 Å². The van der Waals surface area contributed by atoms with E-state index in [0.717, 1.165) is 22.3 Å². The molecule has 2 atom stereocenters. The summed E-state index contributed by atoms with van der Waals surface area (Å²) in [5, 5.41) is 18.7. The summed E-state index contributed by atoms with van der Waals surface area (Å²) in [6, 6.07) is 2.02. The molecule has 1 aliphatic carbocycles. The van der Waals surface area contributed by atoms with Gasteiger partial charge < -0.3 is 10.2 Å². The molecule has 1 aliphatic rings. The predicted octanol–water partition coefficient (Wildman–Crippen LogP) is 2.35. The maximum absolute atomic E-state index is 11.7. The number of benzene rings is 1. The van der Waals surface area contributed by atoms with Gasteiger partial charge in [0, 0.05) is 0 Å². The Hall–Kier alpha value is -1.84. The van der Waals surface area contributed by atoms with Gasteiger partial charge in [0.1, 0.15) is 5.41 Å². The molecule has 1 fully saturated rings. The molecule has 0 bridgehead atoms. The fourth-order valence-corrected chi connectivity index (χ4v) is 3.07. The summed E-state index contributed by atoms with van der Waals surface area (Å²) in [6.45, 7) is 7.61. The number of hydrogen-bond acceptors (Lipinski definition) is 2. The fourth-order valence-electron chi connectivity index (χ4n) is 3.07. The van der Waals surface area contributed by atoms with Crippen LogP contribution in [0.3, 0.4) is 0 Å². The Balaban J connectivity index is 2.71. The summed E-state index contributed by atoms with van der Waals surface area (Å²) in [5.74, 6) is -2.87. The first-order valence-electron chi connectivity index (χ1n) is 6.27. The minimum atomic E-state index is -1.24. The van der Waals surface area contributed by atoms with Crippen molar-refractivity contribution in [3.8, 4) is 0 Å². The van der Waals surface area contributed by atoms with Gasteiger partial charge in [-0.05, 0) is 61.9 Å². The number of rotatable bonds is 3. The monoisotopic (exact) mass is 262 g/mol. The van der Waals surface area contributed by atoms with E-state index in [4.69, 9.17) is 5.11 Å². The number of carboxylic acids is 2. The Labute approximate surface area is 112 Å². The largest absolute Gasteiger partial charge is 0.481 e. The van der Waals surface area contributed by atoms with Gasteiger partial charge in [-0.25, -0.2) is 0 Å². The van der Waals surface area contributed by atoms with E-state index >= 15 is 0 Å². The van der Waals surface area contributed by atoms with E-state index in [1.165, 1.54) is 0 Å². The van der Waals surface area contributed by atoms with Crippen LogP contribution in [0.15, 0.2) is 6.07 Å². The lowest BCUT2D eigenvalue weighted by molar-refractivity contribution is -0.145. The third-order valence-corrected chi connectivity index (χ3v) is 4.45. The van der Waals surface area contributed by atoms with Crippen molar-refractivity contribution in [3.05, 3.63) is 33.9 Å². The highest BCUT2D eigenvalue weighted by atomic mass is 16.4. The normalized spacial score (nSPS) is 25.2. The van der Waals surface area contributed by atoms with Crippen LogP contribution in [0, 0.1) is 33.6 Å². The van der Waals surface area contributed by atoms with E-state index in [1.54, 1.807) is 0 Å². The Morgan fingerprint density at radius 3 is 1.89 bits per heavy atom. The first kappa shape index (κ1) is 13.6. The average Bonchev–Trinajstić information content (AvgIpc) is 3.04. The molecule has 0 heterocycles. The van der Waals surface area contributed by atoms with Crippen LogP contribution in [0.4, 0.5) is 0 Å². The van der Waals surface area contributed by atoms with Crippen LogP contribution in [-0.2, 0) is 15.0 Å². The second-order valence-electron chi connectivity index (χ2n) is 5.51. The Bertz CT molecular complexity index is 562. The minimum Gasteiger partial charge on any atom is -0.481 e. The molecule has 102 valence electrons. The van der Waals surface area contributed by atoms with E-state index < -0.39 is 23.3 Å². The summed E-state index contributed by atoms with van der Waals surface area (Å²) >= 11 is 0. The third kappa shape index (κ3) is 1.74. The van der Waals surface area contributed by atoms with Gasteiger partial charge in [0.25, 0.3) is 0 Å². The van der Waals surface area contributed by atoms with Crippen molar-refractivity contribution in [1.29, 1.82) is 0 Å².